The minimum absolute atomic E-state index is 0.740. The molecule has 0 spiro atoms. The van der Waals surface area contributed by atoms with Crippen LogP contribution in [-0.2, 0) is 13.0 Å². The molecule has 2 rings (SSSR count). The highest BCUT2D eigenvalue weighted by atomic mass is 15.1. The van der Waals surface area contributed by atoms with E-state index in [4.69, 9.17) is 0 Å². The molecule has 5 nitrogen and oxygen atoms in total. The number of anilines is 1. The number of hydrogen-bond donors (Lipinski definition) is 1. The first-order valence-electron chi connectivity index (χ1n) is 5.74. The van der Waals surface area contributed by atoms with Crippen molar-refractivity contribution < 1.29 is 0 Å². The van der Waals surface area contributed by atoms with Crippen molar-refractivity contribution in [2.75, 3.05) is 12.4 Å². The van der Waals surface area contributed by atoms with E-state index in [1.165, 1.54) is 0 Å². The fourth-order valence-electron chi connectivity index (χ4n) is 1.86. The summed E-state index contributed by atoms with van der Waals surface area (Å²) in [7, 11) is 1.87. The topological polar surface area (TPSA) is 55.6 Å². The van der Waals surface area contributed by atoms with Crippen LogP contribution in [0.3, 0.4) is 0 Å². The van der Waals surface area contributed by atoms with Crippen molar-refractivity contribution in [1.82, 2.24) is 19.5 Å². The number of hydrogen-bond acceptors (Lipinski definition) is 4. The van der Waals surface area contributed by atoms with E-state index in [1.54, 1.807) is 6.33 Å². The predicted molar refractivity (Wildman–Crippen MR) is 67.0 cm³/mol. The van der Waals surface area contributed by atoms with Crippen molar-refractivity contribution in [3.05, 3.63) is 35.8 Å². The summed E-state index contributed by atoms with van der Waals surface area (Å²) < 4.78 is 2.13. The molecule has 0 atom stereocenters. The molecule has 0 aliphatic heterocycles. The molecule has 0 radical (unpaired) electrons. The Morgan fingerprint density at radius 2 is 2.12 bits per heavy atom. The van der Waals surface area contributed by atoms with Crippen LogP contribution in [0.1, 0.15) is 24.0 Å². The van der Waals surface area contributed by atoms with Gasteiger partial charge in [0, 0.05) is 38.0 Å². The van der Waals surface area contributed by atoms with Crippen LogP contribution in [0.2, 0.25) is 0 Å². The number of rotatable bonds is 4. The zero-order valence-electron chi connectivity index (χ0n) is 10.4. The van der Waals surface area contributed by atoms with Gasteiger partial charge in [-0.2, -0.15) is 0 Å². The van der Waals surface area contributed by atoms with Crippen LogP contribution in [0, 0.1) is 6.92 Å². The lowest BCUT2D eigenvalue weighted by Crippen LogP contribution is -2.07. The molecule has 0 fully saturated rings. The molecule has 0 aromatic carbocycles. The van der Waals surface area contributed by atoms with Gasteiger partial charge in [-0.05, 0) is 13.8 Å². The van der Waals surface area contributed by atoms with E-state index >= 15 is 0 Å². The molecule has 0 bridgehead atoms. The normalized spacial score (nSPS) is 10.5. The van der Waals surface area contributed by atoms with Gasteiger partial charge in [-0.3, -0.25) is 0 Å². The lowest BCUT2D eigenvalue weighted by molar-refractivity contribution is 0.707. The second kappa shape index (κ2) is 4.95. The molecule has 0 saturated carbocycles. The number of aryl methyl sites for hydroxylation is 1. The summed E-state index contributed by atoms with van der Waals surface area (Å²) in [5.74, 6) is 1.92. The highest BCUT2D eigenvalue weighted by molar-refractivity contribution is 5.44. The van der Waals surface area contributed by atoms with Gasteiger partial charge in [-0.25, -0.2) is 15.0 Å². The Kier molecular flexibility index (Phi) is 3.37. The summed E-state index contributed by atoms with van der Waals surface area (Å²) in [4.78, 5) is 12.9. The van der Waals surface area contributed by atoms with Gasteiger partial charge in [0.1, 0.15) is 18.0 Å². The Hall–Kier alpha value is -1.91. The maximum Gasteiger partial charge on any atom is 0.132 e. The second-order valence-electron chi connectivity index (χ2n) is 3.85. The van der Waals surface area contributed by atoms with Gasteiger partial charge < -0.3 is 9.88 Å². The Balaban J connectivity index is 2.30. The first kappa shape index (κ1) is 11.6. The average molecular weight is 231 g/mol. The van der Waals surface area contributed by atoms with Gasteiger partial charge in [0.25, 0.3) is 0 Å². The molecule has 0 amide bonds. The van der Waals surface area contributed by atoms with Gasteiger partial charge in [0.05, 0.1) is 5.69 Å². The summed E-state index contributed by atoms with van der Waals surface area (Å²) in [6.45, 7) is 5.07. The van der Waals surface area contributed by atoms with Gasteiger partial charge in [0.15, 0.2) is 0 Å². The standard InChI is InChI=1S/C12H17N5/c1-4-17-6-5-14-11(17)7-10-9(2)12(13-3)16-8-15-10/h5-6,8H,4,7H2,1-3H3,(H,13,15,16). The quantitative estimate of drug-likeness (QED) is 0.869. The minimum Gasteiger partial charge on any atom is -0.373 e. The molecule has 0 aliphatic rings. The van der Waals surface area contributed by atoms with Crippen LogP contribution in [0.4, 0.5) is 5.82 Å². The molecule has 0 unspecified atom stereocenters. The van der Waals surface area contributed by atoms with Crippen LogP contribution >= 0.6 is 0 Å². The molecule has 2 aromatic heterocycles. The summed E-state index contributed by atoms with van der Waals surface area (Å²) >= 11 is 0. The first-order valence-corrected chi connectivity index (χ1v) is 5.74. The summed E-state index contributed by atoms with van der Waals surface area (Å²) in [5, 5.41) is 3.07. The minimum atomic E-state index is 0.740. The zero-order valence-corrected chi connectivity index (χ0v) is 10.4. The molecular formula is C12H17N5. The molecule has 2 aromatic rings. The SMILES string of the molecule is CCn1ccnc1Cc1ncnc(NC)c1C. The van der Waals surface area contributed by atoms with E-state index in [2.05, 4.69) is 31.8 Å². The van der Waals surface area contributed by atoms with Crippen molar-refractivity contribution in [2.24, 2.45) is 0 Å². The Bertz CT molecular complexity index is 503. The van der Waals surface area contributed by atoms with Crippen LogP contribution in [0.5, 0.6) is 0 Å². The number of nitrogens with zero attached hydrogens (tertiary/aromatic N) is 4. The Morgan fingerprint density at radius 1 is 1.29 bits per heavy atom. The highest BCUT2D eigenvalue weighted by Crippen LogP contribution is 2.15. The smallest absolute Gasteiger partial charge is 0.132 e. The molecule has 1 N–H and O–H groups in total. The lowest BCUT2D eigenvalue weighted by Gasteiger charge is -2.09. The number of aromatic nitrogens is 4. The monoisotopic (exact) mass is 231 g/mol. The van der Waals surface area contributed by atoms with Crippen LogP contribution in [0.15, 0.2) is 18.7 Å². The zero-order chi connectivity index (χ0) is 12.3. The van der Waals surface area contributed by atoms with Crippen molar-refractivity contribution >= 4 is 5.82 Å². The molecule has 0 saturated heterocycles. The van der Waals surface area contributed by atoms with Gasteiger partial charge >= 0.3 is 0 Å². The van der Waals surface area contributed by atoms with Crippen molar-refractivity contribution in [1.29, 1.82) is 0 Å². The van der Waals surface area contributed by atoms with Crippen LogP contribution in [0.25, 0.3) is 0 Å². The maximum absolute atomic E-state index is 4.36. The summed E-state index contributed by atoms with van der Waals surface area (Å²) in [6, 6.07) is 0. The van der Waals surface area contributed by atoms with Crippen molar-refractivity contribution in [2.45, 2.75) is 26.8 Å². The summed E-state index contributed by atoms with van der Waals surface area (Å²) in [5.41, 5.74) is 2.10. The fraction of sp³-hybridized carbons (Fsp3) is 0.417. The first-order chi connectivity index (χ1) is 8.26. The largest absolute Gasteiger partial charge is 0.373 e. The Morgan fingerprint density at radius 3 is 2.82 bits per heavy atom. The van der Waals surface area contributed by atoms with E-state index in [0.29, 0.717) is 0 Å². The van der Waals surface area contributed by atoms with Crippen LogP contribution < -0.4 is 5.32 Å². The van der Waals surface area contributed by atoms with E-state index in [0.717, 1.165) is 35.9 Å². The Labute approximate surface area is 101 Å². The van der Waals surface area contributed by atoms with Gasteiger partial charge in [-0.1, -0.05) is 0 Å². The van der Waals surface area contributed by atoms with E-state index in [-0.39, 0.29) is 0 Å². The van der Waals surface area contributed by atoms with Crippen molar-refractivity contribution in [3.63, 3.8) is 0 Å². The molecule has 2 heterocycles. The number of imidazole rings is 1. The van der Waals surface area contributed by atoms with Crippen LogP contribution in [-0.4, -0.2) is 26.6 Å². The van der Waals surface area contributed by atoms with E-state index < -0.39 is 0 Å². The summed E-state index contributed by atoms with van der Waals surface area (Å²) in [6.07, 6.45) is 6.15. The molecule has 17 heavy (non-hydrogen) atoms. The average Bonchev–Trinajstić information content (AvgIpc) is 2.79. The van der Waals surface area contributed by atoms with Gasteiger partial charge in [0.2, 0.25) is 0 Å². The third-order valence-corrected chi connectivity index (χ3v) is 2.89. The third-order valence-electron chi connectivity index (χ3n) is 2.89. The molecule has 5 heteroatoms. The van der Waals surface area contributed by atoms with Gasteiger partial charge in [-0.15, -0.1) is 0 Å². The second-order valence-corrected chi connectivity index (χ2v) is 3.85. The van der Waals surface area contributed by atoms with E-state index in [9.17, 15) is 0 Å². The molecule has 0 aliphatic carbocycles. The number of nitrogens with one attached hydrogen (secondary N) is 1. The third kappa shape index (κ3) is 2.27. The maximum atomic E-state index is 4.36. The molecular weight excluding hydrogens is 214 g/mol. The highest BCUT2D eigenvalue weighted by Gasteiger charge is 2.09. The lowest BCUT2D eigenvalue weighted by atomic mass is 10.1. The fourth-order valence-corrected chi connectivity index (χ4v) is 1.86. The molecule has 90 valence electrons. The van der Waals surface area contributed by atoms with E-state index in [1.807, 2.05) is 26.4 Å². The predicted octanol–water partition coefficient (Wildman–Crippen LogP) is 1.63. The van der Waals surface area contributed by atoms with Crippen molar-refractivity contribution in [3.8, 4) is 0 Å².